The third kappa shape index (κ3) is 5.06. The van der Waals surface area contributed by atoms with Crippen LogP contribution in [0.15, 0.2) is 34.3 Å². The number of aryl methyl sites for hydroxylation is 1. The Morgan fingerprint density at radius 1 is 1.24 bits per heavy atom. The molecular weight excluding hydrogens is 300 g/mol. The van der Waals surface area contributed by atoms with Gasteiger partial charge in [-0.1, -0.05) is 17.7 Å². The highest BCUT2D eigenvalue weighted by Crippen LogP contribution is 2.09. The first-order valence-electron chi connectivity index (χ1n) is 6.04. The molecule has 0 fully saturated rings. The molecule has 0 aromatic heterocycles. The summed E-state index contributed by atoms with van der Waals surface area (Å²) in [6.07, 6.45) is -4.15. The Balaban J connectivity index is 2.69. The molecule has 0 saturated carbocycles. The van der Waals surface area contributed by atoms with Crippen molar-refractivity contribution in [1.29, 1.82) is 0 Å². The fourth-order valence-corrected chi connectivity index (χ4v) is 2.17. The lowest BCUT2D eigenvalue weighted by Crippen LogP contribution is -2.40. The van der Waals surface area contributed by atoms with E-state index in [1.165, 1.54) is 12.1 Å². The Kier molecular flexibility index (Phi) is 6.24. The van der Waals surface area contributed by atoms with E-state index in [4.69, 9.17) is 10.2 Å². The van der Waals surface area contributed by atoms with E-state index in [9.17, 15) is 18.6 Å². The quantitative estimate of drug-likeness (QED) is 0.301. The molecule has 0 unspecified atom stereocenters. The summed E-state index contributed by atoms with van der Waals surface area (Å²) in [4.78, 5) is 1.86. The molecule has 0 spiro atoms. The Morgan fingerprint density at radius 3 is 2.33 bits per heavy atom. The standard InChI is InChI=1S/C12H18N2O6S/c1-8-2-4-9(5-3-8)21(19,20)14-13-6-10(16)12(18)11(17)7-15/h2-6,10-12,14-18H,7H2,1H3/t10-,11+,12-/m0/s1. The molecule has 1 aromatic carbocycles. The molecule has 21 heavy (non-hydrogen) atoms. The lowest BCUT2D eigenvalue weighted by molar-refractivity contribution is -0.0542. The van der Waals surface area contributed by atoms with Gasteiger partial charge in [0.2, 0.25) is 0 Å². The molecular formula is C12H18N2O6S. The summed E-state index contributed by atoms with van der Waals surface area (Å²) in [5.74, 6) is 0. The number of nitrogens with zero attached hydrogens (tertiary/aromatic N) is 1. The van der Waals surface area contributed by atoms with Crippen molar-refractivity contribution in [1.82, 2.24) is 4.83 Å². The molecule has 0 bridgehead atoms. The second kappa shape index (κ2) is 7.48. The van der Waals surface area contributed by atoms with Crippen LogP contribution in [0.1, 0.15) is 5.56 Å². The highest BCUT2D eigenvalue weighted by molar-refractivity contribution is 7.89. The molecule has 0 aliphatic heterocycles. The minimum absolute atomic E-state index is 0.00400. The third-order valence-electron chi connectivity index (χ3n) is 2.66. The van der Waals surface area contributed by atoms with Crippen molar-refractivity contribution < 1.29 is 28.8 Å². The number of nitrogens with one attached hydrogen (secondary N) is 1. The van der Waals surface area contributed by atoms with Gasteiger partial charge in [-0.15, -0.1) is 0 Å². The van der Waals surface area contributed by atoms with Crippen LogP contribution < -0.4 is 4.83 Å². The van der Waals surface area contributed by atoms with E-state index in [0.717, 1.165) is 11.8 Å². The van der Waals surface area contributed by atoms with E-state index < -0.39 is 34.9 Å². The molecule has 118 valence electrons. The van der Waals surface area contributed by atoms with Crippen molar-refractivity contribution in [2.45, 2.75) is 30.1 Å². The number of hydrogen-bond acceptors (Lipinski definition) is 7. The fraction of sp³-hybridized carbons (Fsp3) is 0.417. The minimum Gasteiger partial charge on any atom is -0.394 e. The topological polar surface area (TPSA) is 139 Å². The fourth-order valence-electron chi connectivity index (χ4n) is 1.37. The van der Waals surface area contributed by atoms with Crippen molar-refractivity contribution in [2.24, 2.45) is 5.10 Å². The number of sulfonamides is 1. The second-order valence-electron chi connectivity index (χ2n) is 4.42. The van der Waals surface area contributed by atoms with Gasteiger partial charge in [0.1, 0.15) is 18.3 Å². The maximum atomic E-state index is 11.8. The van der Waals surface area contributed by atoms with Crippen molar-refractivity contribution in [3.63, 3.8) is 0 Å². The zero-order valence-electron chi connectivity index (χ0n) is 11.3. The smallest absolute Gasteiger partial charge is 0.276 e. The summed E-state index contributed by atoms with van der Waals surface area (Å²) in [5.41, 5.74) is 0.897. The summed E-state index contributed by atoms with van der Waals surface area (Å²) in [6, 6.07) is 6.03. The molecule has 0 aliphatic carbocycles. The largest absolute Gasteiger partial charge is 0.394 e. The molecule has 0 aliphatic rings. The highest BCUT2D eigenvalue weighted by Gasteiger charge is 2.22. The molecule has 9 heteroatoms. The first-order valence-corrected chi connectivity index (χ1v) is 7.53. The van der Waals surface area contributed by atoms with E-state index in [-0.39, 0.29) is 4.90 Å². The number of benzene rings is 1. The van der Waals surface area contributed by atoms with Crippen LogP contribution in [0.2, 0.25) is 0 Å². The Bertz CT molecular complexity index is 572. The first-order chi connectivity index (χ1) is 9.77. The van der Waals surface area contributed by atoms with Crippen molar-refractivity contribution in [2.75, 3.05) is 6.61 Å². The average molecular weight is 318 g/mol. The van der Waals surface area contributed by atoms with Gasteiger partial charge in [0.25, 0.3) is 10.0 Å². The van der Waals surface area contributed by atoms with Crippen LogP contribution in [0.3, 0.4) is 0 Å². The second-order valence-corrected chi connectivity index (χ2v) is 6.08. The minimum atomic E-state index is -3.88. The number of aliphatic hydroxyl groups excluding tert-OH is 4. The van der Waals surface area contributed by atoms with Gasteiger partial charge in [-0.05, 0) is 19.1 Å². The van der Waals surface area contributed by atoms with Crippen LogP contribution in [-0.2, 0) is 10.0 Å². The van der Waals surface area contributed by atoms with Crippen LogP contribution in [-0.4, -0.2) is 60.0 Å². The molecule has 3 atom stereocenters. The van der Waals surface area contributed by atoms with Gasteiger partial charge in [-0.2, -0.15) is 13.5 Å². The van der Waals surface area contributed by atoms with E-state index in [1.54, 1.807) is 12.1 Å². The van der Waals surface area contributed by atoms with Gasteiger partial charge in [0, 0.05) is 0 Å². The van der Waals surface area contributed by atoms with Crippen molar-refractivity contribution in [3.8, 4) is 0 Å². The number of hydrazone groups is 1. The summed E-state index contributed by atoms with van der Waals surface area (Å²) in [7, 11) is -3.88. The van der Waals surface area contributed by atoms with Crippen molar-refractivity contribution >= 4 is 16.2 Å². The van der Waals surface area contributed by atoms with Crippen LogP contribution >= 0.6 is 0 Å². The van der Waals surface area contributed by atoms with E-state index in [0.29, 0.717) is 0 Å². The van der Waals surface area contributed by atoms with Crippen LogP contribution in [0.4, 0.5) is 0 Å². The summed E-state index contributed by atoms with van der Waals surface area (Å²) < 4.78 is 23.7. The Labute approximate surface area is 122 Å². The number of aliphatic hydroxyl groups is 4. The van der Waals surface area contributed by atoms with E-state index >= 15 is 0 Å². The molecule has 0 radical (unpaired) electrons. The molecule has 5 N–H and O–H groups in total. The maximum absolute atomic E-state index is 11.8. The van der Waals surface area contributed by atoms with Gasteiger partial charge in [-0.25, -0.2) is 4.83 Å². The van der Waals surface area contributed by atoms with E-state index in [1.807, 2.05) is 11.8 Å². The Morgan fingerprint density at radius 2 is 1.81 bits per heavy atom. The zero-order chi connectivity index (χ0) is 16.0. The van der Waals surface area contributed by atoms with Gasteiger partial charge in [-0.3, -0.25) is 0 Å². The van der Waals surface area contributed by atoms with Crippen molar-refractivity contribution in [3.05, 3.63) is 29.8 Å². The lowest BCUT2D eigenvalue weighted by atomic mass is 10.1. The van der Waals surface area contributed by atoms with Crippen LogP contribution in [0.25, 0.3) is 0 Å². The molecule has 0 heterocycles. The lowest BCUT2D eigenvalue weighted by Gasteiger charge is -2.18. The normalized spacial score (nSPS) is 16.6. The first kappa shape index (κ1) is 17.5. The highest BCUT2D eigenvalue weighted by atomic mass is 32.2. The predicted molar refractivity (Wildman–Crippen MR) is 75.1 cm³/mol. The zero-order valence-corrected chi connectivity index (χ0v) is 12.1. The number of rotatable bonds is 7. The molecule has 8 nitrogen and oxygen atoms in total. The maximum Gasteiger partial charge on any atom is 0.276 e. The van der Waals surface area contributed by atoms with E-state index in [2.05, 4.69) is 5.10 Å². The third-order valence-corrected chi connectivity index (χ3v) is 3.90. The van der Waals surface area contributed by atoms with Gasteiger partial charge >= 0.3 is 0 Å². The summed E-state index contributed by atoms with van der Waals surface area (Å²) >= 11 is 0. The van der Waals surface area contributed by atoms with Crippen LogP contribution in [0, 0.1) is 6.92 Å². The summed E-state index contributed by atoms with van der Waals surface area (Å²) in [6.45, 7) is 1.06. The predicted octanol–water partition coefficient (Wildman–Crippen LogP) is -1.67. The van der Waals surface area contributed by atoms with Crippen LogP contribution in [0.5, 0.6) is 0 Å². The number of hydrogen-bond donors (Lipinski definition) is 5. The average Bonchev–Trinajstić information content (AvgIpc) is 2.45. The summed E-state index contributed by atoms with van der Waals surface area (Å²) in [5, 5.41) is 39.8. The molecule has 0 saturated heterocycles. The molecule has 1 aromatic rings. The van der Waals surface area contributed by atoms with Gasteiger partial charge < -0.3 is 20.4 Å². The van der Waals surface area contributed by atoms with Gasteiger partial charge in [0.15, 0.2) is 0 Å². The monoisotopic (exact) mass is 318 g/mol. The molecule has 0 amide bonds. The van der Waals surface area contributed by atoms with Gasteiger partial charge in [0.05, 0.1) is 17.7 Å². The SMILES string of the molecule is Cc1ccc(S(=O)(=O)NN=C[C@H](O)[C@H](O)[C@H](O)CO)cc1. The Hall–Kier alpha value is -1.52. The molecule has 1 rings (SSSR count).